The van der Waals surface area contributed by atoms with Crippen molar-refractivity contribution in [1.82, 2.24) is 14.7 Å². The van der Waals surface area contributed by atoms with Crippen LogP contribution < -0.4 is 0 Å². The quantitative estimate of drug-likeness (QED) is 0.707. The normalized spacial score (nSPS) is 31.2. The van der Waals surface area contributed by atoms with Crippen LogP contribution in [0.4, 0.5) is 0 Å². The highest BCUT2D eigenvalue weighted by Gasteiger charge is 2.36. The van der Waals surface area contributed by atoms with Crippen molar-refractivity contribution in [2.24, 2.45) is 5.92 Å². The molecule has 0 aromatic heterocycles. The summed E-state index contributed by atoms with van der Waals surface area (Å²) >= 11 is 0. The lowest BCUT2D eigenvalue weighted by Gasteiger charge is -2.38. The number of piperidine rings is 1. The zero-order valence-corrected chi connectivity index (χ0v) is 12.8. The highest BCUT2D eigenvalue weighted by atomic mass is 16.5. The van der Waals surface area contributed by atoms with E-state index in [4.69, 9.17) is 4.74 Å². The molecule has 2 amide bonds. The van der Waals surface area contributed by atoms with E-state index in [1.165, 1.54) is 12.8 Å². The van der Waals surface area contributed by atoms with E-state index >= 15 is 0 Å². The molecule has 0 bridgehead atoms. The number of nitrogens with zero attached hydrogens (tertiary/aromatic N) is 3. The van der Waals surface area contributed by atoms with E-state index in [9.17, 15) is 9.59 Å². The van der Waals surface area contributed by atoms with Crippen LogP contribution in [0.3, 0.4) is 0 Å². The Labute approximate surface area is 126 Å². The molecule has 0 aromatic carbocycles. The minimum atomic E-state index is 0.0411. The van der Waals surface area contributed by atoms with Crippen molar-refractivity contribution in [1.29, 1.82) is 0 Å². The van der Waals surface area contributed by atoms with Gasteiger partial charge in [0.05, 0.1) is 12.6 Å². The van der Waals surface area contributed by atoms with Gasteiger partial charge >= 0.3 is 0 Å². The van der Waals surface area contributed by atoms with Crippen LogP contribution >= 0.6 is 0 Å². The van der Waals surface area contributed by atoms with Gasteiger partial charge in [-0.15, -0.1) is 0 Å². The topological polar surface area (TPSA) is 53.1 Å². The van der Waals surface area contributed by atoms with Crippen LogP contribution in [0.25, 0.3) is 0 Å². The number of rotatable bonds is 2. The maximum absolute atomic E-state index is 12.4. The van der Waals surface area contributed by atoms with Crippen molar-refractivity contribution in [3.05, 3.63) is 0 Å². The summed E-state index contributed by atoms with van der Waals surface area (Å²) in [4.78, 5) is 30.1. The van der Waals surface area contributed by atoms with E-state index in [2.05, 4.69) is 4.90 Å². The van der Waals surface area contributed by atoms with E-state index in [-0.39, 0.29) is 30.4 Å². The van der Waals surface area contributed by atoms with Crippen LogP contribution in [-0.2, 0) is 14.3 Å². The molecule has 6 nitrogen and oxygen atoms in total. The zero-order chi connectivity index (χ0) is 14.8. The van der Waals surface area contributed by atoms with Gasteiger partial charge in [-0.2, -0.15) is 0 Å². The van der Waals surface area contributed by atoms with Gasteiger partial charge in [-0.1, -0.05) is 0 Å². The molecule has 21 heavy (non-hydrogen) atoms. The number of likely N-dealkylation sites (N-methyl/N-ethyl adjacent to an activating group) is 1. The van der Waals surface area contributed by atoms with Crippen LogP contribution in [0.2, 0.25) is 0 Å². The first-order valence-electron chi connectivity index (χ1n) is 7.99. The van der Waals surface area contributed by atoms with Crippen LogP contribution in [0.5, 0.6) is 0 Å². The van der Waals surface area contributed by atoms with Crippen molar-refractivity contribution < 1.29 is 14.3 Å². The highest BCUT2D eigenvalue weighted by Crippen LogP contribution is 2.24. The summed E-state index contributed by atoms with van der Waals surface area (Å²) in [5, 5.41) is 0. The third-order valence-electron chi connectivity index (χ3n) is 4.93. The lowest BCUT2D eigenvalue weighted by Crippen LogP contribution is -2.51. The smallest absolute Gasteiger partial charge is 0.248 e. The monoisotopic (exact) mass is 295 g/mol. The first-order chi connectivity index (χ1) is 10.1. The third-order valence-corrected chi connectivity index (χ3v) is 4.93. The number of hydrogen-bond acceptors (Lipinski definition) is 4. The van der Waals surface area contributed by atoms with E-state index < -0.39 is 0 Å². The van der Waals surface area contributed by atoms with Crippen LogP contribution in [0.15, 0.2) is 0 Å². The second-order valence-corrected chi connectivity index (χ2v) is 6.50. The summed E-state index contributed by atoms with van der Waals surface area (Å²) in [5.74, 6) is 0.519. The van der Waals surface area contributed by atoms with Crippen LogP contribution in [-0.4, -0.2) is 85.5 Å². The van der Waals surface area contributed by atoms with Gasteiger partial charge in [0.2, 0.25) is 11.8 Å². The van der Waals surface area contributed by atoms with E-state index in [0.717, 1.165) is 32.6 Å². The fraction of sp³-hybridized carbons (Fsp3) is 0.867. The molecular weight excluding hydrogens is 270 g/mol. The molecule has 0 N–H and O–H groups in total. The summed E-state index contributed by atoms with van der Waals surface area (Å²) in [6.07, 6.45) is 3.38. The lowest BCUT2D eigenvalue weighted by molar-refractivity contribution is -0.138. The van der Waals surface area contributed by atoms with Crippen molar-refractivity contribution >= 4 is 11.8 Å². The molecule has 0 radical (unpaired) electrons. The fourth-order valence-corrected chi connectivity index (χ4v) is 3.61. The minimum absolute atomic E-state index is 0.0411. The zero-order valence-electron chi connectivity index (χ0n) is 12.8. The molecule has 0 aliphatic carbocycles. The predicted molar refractivity (Wildman–Crippen MR) is 77.7 cm³/mol. The Hall–Kier alpha value is -1.14. The standard InChI is InChI=1S/C15H25N3O3/c1-16-8-12-9-18(7-4-13(12)21-11-15(16)20)14(19)10-17-5-2-3-6-17/h12-13H,2-11H2,1H3/t12-,13-/m0/s1. The van der Waals surface area contributed by atoms with Gasteiger partial charge in [0.15, 0.2) is 0 Å². The maximum Gasteiger partial charge on any atom is 0.248 e. The van der Waals surface area contributed by atoms with Gasteiger partial charge in [0.1, 0.15) is 6.61 Å². The molecule has 2 atom stereocenters. The minimum Gasteiger partial charge on any atom is -0.368 e. The number of amides is 2. The van der Waals surface area contributed by atoms with Crippen molar-refractivity contribution in [2.45, 2.75) is 25.4 Å². The Balaban J connectivity index is 1.57. The molecule has 0 unspecified atom stereocenters. The van der Waals surface area contributed by atoms with Crippen molar-refractivity contribution in [2.75, 3.05) is 52.9 Å². The van der Waals surface area contributed by atoms with Gasteiger partial charge in [-0.3, -0.25) is 14.5 Å². The van der Waals surface area contributed by atoms with Gasteiger partial charge in [-0.25, -0.2) is 0 Å². The summed E-state index contributed by atoms with van der Waals surface area (Å²) in [6.45, 7) is 4.99. The van der Waals surface area contributed by atoms with E-state index in [1.54, 1.807) is 4.90 Å². The second kappa shape index (κ2) is 6.32. The number of hydrogen-bond donors (Lipinski definition) is 0. The molecule has 0 spiro atoms. The summed E-state index contributed by atoms with van der Waals surface area (Å²) < 4.78 is 5.71. The molecule has 3 fully saturated rings. The second-order valence-electron chi connectivity index (χ2n) is 6.50. The average Bonchev–Trinajstić information content (AvgIpc) is 2.93. The molecule has 3 aliphatic rings. The maximum atomic E-state index is 12.4. The Morgan fingerprint density at radius 1 is 1.24 bits per heavy atom. The van der Waals surface area contributed by atoms with Crippen molar-refractivity contribution in [3.63, 3.8) is 0 Å². The predicted octanol–water partition coefficient (Wildman–Crippen LogP) is -0.212. The molecular formula is C15H25N3O3. The molecule has 118 valence electrons. The fourth-order valence-electron chi connectivity index (χ4n) is 3.61. The largest absolute Gasteiger partial charge is 0.368 e. The molecule has 6 heteroatoms. The molecule has 3 aliphatic heterocycles. The highest BCUT2D eigenvalue weighted by molar-refractivity contribution is 5.79. The molecule has 3 saturated heterocycles. The Kier molecular flexibility index (Phi) is 4.45. The van der Waals surface area contributed by atoms with Gasteiger partial charge in [0, 0.05) is 32.6 Å². The number of ether oxygens (including phenoxy) is 1. The van der Waals surface area contributed by atoms with Gasteiger partial charge < -0.3 is 14.5 Å². The number of carbonyl (C=O) groups excluding carboxylic acids is 2. The third kappa shape index (κ3) is 3.37. The molecule has 0 aromatic rings. The Bertz CT molecular complexity index is 409. The summed E-state index contributed by atoms with van der Waals surface area (Å²) in [6, 6.07) is 0. The SMILES string of the molecule is CN1C[C@H]2CN(C(=O)CN3CCCC3)CC[C@@H]2OCC1=O. The summed E-state index contributed by atoms with van der Waals surface area (Å²) in [7, 11) is 1.82. The first kappa shape index (κ1) is 14.8. The average molecular weight is 295 g/mol. The summed E-state index contributed by atoms with van der Waals surface area (Å²) in [5.41, 5.74) is 0. The van der Waals surface area contributed by atoms with Crippen LogP contribution in [0, 0.1) is 5.92 Å². The Morgan fingerprint density at radius 3 is 2.76 bits per heavy atom. The van der Waals surface area contributed by atoms with Gasteiger partial charge in [0.25, 0.3) is 0 Å². The molecule has 0 saturated carbocycles. The van der Waals surface area contributed by atoms with E-state index in [1.807, 2.05) is 11.9 Å². The van der Waals surface area contributed by atoms with Crippen LogP contribution in [0.1, 0.15) is 19.3 Å². The number of likely N-dealkylation sites (tertiary alicyclic amines) is 2. The van der Waals surface area contributed by atoms with Crippen molar-refractivity contribution in [3.8, 4) is 0 Å². The molecule has 3 heterocycles. The van der Waals surface area contributed by atoms with E-state index in [0.29, 0.717) is 13.1 Å². The first-order valence-corrected chi connectivity index (χ1v) is 7.99. The van der Waals surface area contributed by atoms with Gasteiger partial charge in [-0.05, 0) is 32.4 Å². The number of carbonyl (C=O) groups is 2. The Morgan fingerprint density at radius 2 is 2.00 bits per heavy atom. The number of fused-ring (bicyclic) bond motifs is 1. The molecule has 3 rings (SSSR count). The lowest BCUT2D eigenvalue weighted by atomic mass is 9.94.